The van der Waals surface area contributed by atoms with Gasteiger partial charge in [-0.05, 0) is 68.7 Å². The van der Waals surface area contributed by atoms with Crippen LogP contribution in [0.2, 0.25) is 0 Å². The van der Waals surface area contributed by atoms with Crippen molar-refractivity contribution in [1.29, 1.82) is 0 Å². The van der Waals surface area contributed by atoms with E-state index >= 15 is 0 Å². The summed E-state index contributed by atoms with van der Waals surface area (Å²) in [4.78, 5) is 13.3. The first-order valence-corrected chi connectivity index (χ1v) is 8.73. The highest BCUT2D eigenvalue weighted by Crippen LogP contribution is 2.40. The number of rotatable bonds is 4. The van der Waals surface area contributed by atoms with Crippen molar-refractivity contribution in [1.82, 2.24) is 0 Å². The number of fused-ring (bicyclic) bond motifs is 1. The number of ether oxygens (including phenoxy) is 1. The summed E-state index contributed by atoms with van der Waals surface area (Å²) in [5.74, 6) is -0.234. The molecule has 4 heteroatoms. The summed E-state index contributed by atoms with van der Waals surface area (Å²) in [6.45, 7) is 2.23. The predicted molar refractivity (Wildman–Crippen MR) is 85.5 cm³/mol. The second-order valence-electron chi connectivity index (χ2n) is 6.14. The molecule has 0 aromatic heterocycles. The molecule has 2 N–H and O–H groups in total. The molecule has 0 aliphatic heterocycles. The molecule has 0 saturated heterocycles. The molecule has 21 heavy (non-hydrogen) atoms. The van der Waals surface area contributed by atoms with Gasteiger partial charge in [0, 0.05) is 10.1 Å². The smallest absolute Gasteiger partial charge is 0.326 e. The van der Waals surface area contributed by atoms with Gasteiger partial charge in [-0.1, -0.05) is 6.07 Å². The quantitative estimate of drug-likeness (QED) is 0.869. The first kappa shape index (κ1) is 14.9. The van der Waals surface area contributed by atoms with Gasteiger partial charge in [-0.25, -0.2) is 0 Å². The lowest BCUT2D eigenvalue weighted by Crippen LogP contribution is -2.47. The molecule has 1 aromatic rings. The van der Waals surface area contributed by atoms with Gasteiger partial charge in [0.2, 0.25) is 0 Å². The van der Waals surface area contributed by atoms with E-state index in [1.54, 1.807) is 0 Å². The Kier molecular flexibility index (Phi) is 4.27. The molecule has 0 amide bonds. The van der Waals surface area contributed by atoms with Gasteiger partial charge in [-0.15, -0.1) is 11.8 Å². The van der Waals surface area contributed by atoms with E-state index in [1.165, 1.54) is 35.3 Å². The van der Waals surface area contributed by atoms with Gasteiger partial charge in [0.1, 0.15) is 5.54 Å². The van der Waals surface area contributed by atoms with Crippen molar-refractivity contribution < 1.29 is 9.53 Å². The normalized spacial score (nSPS) is 27.6. The molecule has 114 valence electrons. The third-order valence-electron chi connectivity index (χ3n) is 4.56. The first-order valence-electron chi connectivity index (χ1n) is 7.85. The average Bonchev–Trinajstić information content (AvgIpc) is 3.06. The van der Waals surface area contributed by atoms with Crippen LogP contribution in [0.5, 0.6) is 0 Å². The molecule has 3 nitrogen and oxygen atoms in total. The van der Waals surface area contributed by atoms with E-state index in [9.17, 15) is 4.79 Å². The van der Waals surface area contributed by atoms with E-state index in [0.717, 1.165) is 12.8 Å². The Morgan fingerprint density at radius 1 is 1.43 bits per heavy atom. The Morgan fingerprint density at radius 3 is 3.05 bits per heavy atom. The minimum atomic E-state index is -0.773. The molecule has 2 aliphatic rings. The summed E-state index contributed by atoms with van der Waals surface area (Å²) in [6.07, 6.45) is 6.14. The van der Waals surface area contributed by atoms with Crippen LogP contribution < -0.4 is 5.73 Å². The lowest BCUT2D eigenvalue weighted by Gasteiger charge is -2.21. The third kappa shape index (κ3) is 3.11. The van der Waals surface area contributed by atoms with Crippen LogP contribution in [0.1, 0.15) is 43.7 Å². The third-order valence-corrected chi connectivity index (χ3v) is 5.82. The monoisotopic (exact) mass is 305 g/mol. The van der Waals surface area contributed by atoms with Crippen LogP contribution in [0.3, 0.4) is 0 Å². The topological polar surface area (TPSA) is 52.3 Å². The largest absolute Gasteiger partial charge is 0.465 e. The molecule has 2 unspecified atom stereocenters. The Bertz CT molecular complexity index is 546. The molecular formula is C17H23NO2S. The van der Waals surface area contributed by atoms with E-state index in [-0.39, 0.29) is 5.97 Å². The maximum absolute atomic E-state index is 12.0. The Hall–Kier alpha value is -1.00. The SMILES string of the molecule is CCOC(=O)C1(N)CCC(Sc2ccc3c(c2)CCC3)C1. The molecule has 3 rings (SSSR count). The number of nitrogens with two attached hydrogens (primary N) is 1. The lowest BCUT2D eigenvalue weighted by molar-refractivity contribution is -0.149. The minimum absolute atomic E-state index is 0.234. The molecule has 0 radical (unpaired) electrons. The molecule has 0 spiro atoms. The number of carbonyl (C=O) groups excluding carboxylic acids is 1. The number of hydrogen-bond donors (Lipinski definition) is 1. The molecule has 0 heterocycles. The van der Waals surface area contributed by atoms with Crippen LogP contribution in [0, 0.1) is 0 Å². The Balaban J connectivity index is 1.63. The number of esters is 1. The predicted octanol–water partition coefficient (Wildman–Crippen LogP) is 3.08. The highest BCUT2D eigenvalue weighted by atomic mass is 32.2. The Morgan fingerprint density at radius 2 is 2.24 bits per heavy atom. The van der Waals surface area contributed by atoms with E-state index in [2.05, 4.69) is 18.2 Å². The van der Waals surface area contributed by atoms with E-state index in [1.807, 2.05) is 18.7 Å². The highest BCUT2D eigenvalue weighted by Gasteiger charge is 2.43. The Labute approximate surface area is 130 Å². The number of benzene rings is 1. The van der Waals surface area contributed by atoms with Gasteiger partial charge in [-0.3, -0.25) is 4.79 Å². The van der Waals surface area contributed by atoms with Crippen LogP contribution in [-0.2, 0) is 22.4 Å². The van der Waals surface area contributed by atoms with Crippen LogP contribution >= 0.6 is 11.8 Å². The van der Waals surface area contributed by atoms with Crippen LogP contribution in [-0.4, -0.2) is 23.4 Å². The van der Waals surface area contributed by atoms with Crippen LogP contribution in [0.25, 0.3) is 0 Å². The molecule has 2 aliphatic carbocycles. The molecule has 0 bridgehead atoms. The summed E-state index contributed by atoms with van der Waals surface area (Å²) in [6, 6.07) is 6.81. The van der Waals surface area contributed by atoms with Crippen molar-refractivity contribution in [2.45, 2.75) is 61.1 Å². The van der Waals surface area contributed by atoms with Crippen molar-refractivity contribution in [3.63, 3.8) is 0 Å². The summed E-state index contributed by atoms with van der Waals surface area (Å²) in [5, 5.41) is 0.416. The summed E-state index contributed by atoms with van der Waals surface area (Å²) < 4.78 is 5.11. The van der Waals surface area contributed by atoms with Crippen molar-refractivity contribution in [2.75, 3.05) is 6.61 Å². The van der Waals surface area contributed by atoms with Crippen molar-refractivity contribution in [3.8, 4) is 0 Å². The number of hydrogen-bond acceptors (Lipinski definition) is 4. The number of carbonyl (C=O) groups is 1. The van der Waals surface area contributed by atoms with Gasteiger partial charge in [0.15, 0.2) is 0 Å². The summed E-state index contributed by atoms with van der Waals surface area (Å²) in [7, 11) is 0. The second-order valence-corrected chi connectivity index (χ2v) is 7.52. The second kappa shape index (κ2) is 6.01. The van der Waals surface area contributed by atoms with Crippen molar-refractivity contribution in [2.24, 2.45) is 5.73 Å². The summed E-state index contributed by atoms with van der Waals surface area (Å²) >= 11 is 1.87. The molecule has 1 saturated carbocycles. The van der Waals surface area contributed by atoms with Gasteiger partial charge in [0.25, 0.3) is 0 Å². The van der Waals surface area contributed by atoms with Crippen molar-refractivity contribution in [3.05, 3.63) is 29.3 Å². The molecule has 1 fully saturated rings. The van der Waals surface area contributed by atoms with Gasteiger partial charge < -0.3 is 10.5 Å². The fourth-order valence-corrected chi connectivity index (χ4v) is 4.76. The maximum atomic E-state index is 12.0. The standard InChI is InChI=1S/C17H23NO2S/c1-2-20-16(19)17(18)9-8-15(11-17)21-14-7-6-12-4-3-5-13(12)10-14/h6-7,10,15H,2-5,8-9,11,18H2,1H3. The van der Waals surface area contributed by atoms with Crippen LogP contribution in [0.4, 0.5) is 0 Å². The lowest BCUT2D eigenvalue weighted by atomic mass is 10.00. The van der Waals surface area contributed by atoms with Crippen molar-refractivity contribution >= 4 is 17.7 Å². The van der Waals surface area contributed by atoms with E-state index < -0.39 is 5.54 Å². The average molecular weight is 305 g/mol. The molecule has 2 atom stereocenters. The number of thioether (sulfide) groups is 1. The van der Waals surface area contributed by atoms with Gasteiger partial charge >= 0.3 is 5.97 Å². The van der Waals surface area contributed by atoms with E-state index in [0.29, 0.717) is 18.3 Å². The fraction of sp³-hybridized carbons (Fsp3) is 0.588. The summed E-state index contributed by atoms with van der Waals surface area (Å²) in [5.41, 5.74) is 8.47. The fourth-order valence-electron chi connectivity index (χ4n) is 3.40. The molecule has 1 aromatic carbocycles. The minimum Gasteiger partial charge on any atom is -0.465 e. The van der Waals surface area contributed by atoms with Gasteiger partial charge in [0.05, 0.1) is 6.61 Å². The van der Waals surface area contributed by atoms with Crippen LogP contribution in [0.15, 0.2) is 23.1 Å². The van der Waals surface area contributed by atoms with Gasteiger partial charge in [-0.2, -0.15) is 0 Å². The maximum Gasteiger partial charge on any atom is 0.326 e. The first-order chi connectivity index (χ1) is 10.1. The zero-order valence-corrected chi connectivity index (χ0v) is 13.4. The van der Waals surface area contributed by atoms with E-state index in [4.69, 9.17) is 10.5 Å². The zero-order valence-electron chi connectivity index (χ0n) is 12.6. The number of aryl methyl sites for hydroxylation is 2. The zero-order chi connectivity index (χ0) is 14.9. The highest BCUT2D eigenvalue weighted by molar-refractivity contribution is 8.00. The molecular weight excluding hydrogens is 282 g/mol.